The molecule has 2 amide bonds. The largest absolute Gasteiger partial charge is 0.453 e. The summed E-state index contributed by atoms with van der Waals surface area (Å²) in [6, 6.07) is 8.13. The van der Waals surface area contributed by atoms with Crippen LogP contribution in [0.5, 0.6) is 0 Å². The number of nitrogens with one attached hydrogen (secondary N) is 1. The van der Waals surface area contributed by atoms with Crippen LogP contribution in [-0.4, -0.2) is 57.8 Å². The van der Waals surface area contributed by atoms with Gasteiger partial charge in [-0.15, -0.1) is 0 Å². The maximum atomic E-state index is 12.1. The molecule has 1 N–H and O–H groups in total. The molecule has 8 heteroatoms. The SMILES string of the molecule is COC(=O)N1CCC(CNC(=O)CCS(=O)(=O)c2ccccc2)CC1. The van der Waals surface area contributed by atoms with Gasteiger partial charge >= 0.3 is 6.09 Å². The molecule has 0 aromatic heterocycles. The number of amides is 2. The molecule has 1 heterocycles. The summed E-state index contributed by atoms with van der Waals surface area (Å²) in [5.74, 6) is -0.186. The summed E-state index contributed by atoms with van der Waals surface area (Å²) in [7, 11) is -2.08. The summed E-state index contributed by atoms with van der Waals surface area (Å²) in [6.45, 7) is 1.71. The quantitative estimate of drug-likeness (QED) is 0.820. The normalized spacial score (nSPS) is 15.6. The molecule has 1 aliphatic heterocycles. The predicted molar refractivity (Wildman–Crippen MR) is 92.8 cm³/mol. The van der Waals surface area contributed by atoms with Crippen molar-refractivity contribution in [3.8, 4) is 0 Å². The highest BCUT2D eigenvalue weighted by molar-refractivity contribution is 7.91. The molecule has 0 atom stereocenters. The van der Waals surface area contributed by atoms with Crippen LogP contribution in [0.25, 0.3) is 0 Å². The number of likely N-dealkylation sites (tertiary alicyclic amines) is 1. The van der Waals surface area contributed by atoms with E-state index in [0.29, 0.717) is 19.6 Å². The Kier molecular flexibility index (Phi) is 6.81. The molecular formula is C17H24N2O5S. The van der Waals surface area contributed by atoms with Crippen LogP contribution in [-0.2, 0) is 19.4 Å². The van der Waals surface area contributed by atoms with Crippen LogP contribution in [0, 0.1) is 5.92 Å². The summed E-state index contributed by atoms with van der Waals surface area (Å²) in [5.41, 5.74) is 0. The van der Waals surface area contributed by atoms with Gasteiger partial charge in [-0.1, -0.05) is 18.2 Å². The smallest absolute Gasteiger partial charge is 0.409 e. The average Bonchev–Trinajstić information content (AvgIpc) is 2.65. The highest BCUT2D eigenvalue weighted by atomic mass is 32.2. The minimum Gasteiger partial charge on any atom is -0.453 e. The highest BCUT2D eigenvalue weighted by Crippen LogP contribution is 2.17. The minimum atomic E-state index is -3.44. The van der Waals surface area contributed by atoms with E-state index in [1.807, 2.05) is 0 Å². The van der Waals surface area contributed by atoms with E-state index in [1.165, 1.54) is 19.2 Å². The van der Waals surface area contributed by atoms with Crippen molar-refractivity contribution < 1.29 is 22.7 Å². The molecule has 0 radical (unpaired) electrons. The third-order valence-electron chi connectivity index (χ3n) is 4.34. The van der Waals surface area contributed by atoms with Crippen molar-refractivity contribution in [2.24, 2.45) is 5.92 Å². The molecule has 25 heavy (non-hydrogen) atoms. The van der Waals surface area contributed by atoms with E-state index in [-0.39, 0.29) is 35.0 Å². The first kappa shape index (κ1) is 19.2. The van der Waals surface area contributed by atoms with Gasteiger partial charge in [-0.3, -0.25) is 4.79 Å². The lowest BCUT2D eigenvalue weighted by Crippen LogP contribution is -2.41. The van der Waals surface area contributed by atoms with Gasteiger partial charge in [0.05, 0.1) is 17.8 Å². The number of sulfone groups is 1. The summed E-state index contributed by atoms with van der Waals surface area (Å²) >= 11 is 0. The Bertz CT molecular complexity index is 682. The lowest BCUT2D eigenvalue weighted by Gasteiger charge is -2.30. The van der Waals surface area contributed by atoms with E-state index in [1.54, 1.807) is 23.1 Å². The Morgan fingerprint density at radius 2 is 1.84 bits per heavy atom. The van der Waals surface area contributed by atoms with Gasteiger partial charge in [0, 0.05) is 26.1 Å². The molecule has 1 aliphatic rings. The second-order valence-electron chi connectivity index (χ2n) is 6.09. The number of ether oxygens (including phenoxy) is 1. The van der Waals surface area contributed by atoms with Crippen molar-refractivity contribution in [3.63, 3.8) is 0 Å². The van der Waals surface area contributed by atoms with Crippen molar-refractivity contribution in [2.75, 3.05) is 32.5 Å². The molecular weight excluding hydrogens is 344 g/mol. The fourth-order valence-electron chi connectivity index (χ4n) is 2.77. The van der Waals surface area contributed by atoms with E-state index in [4.69, 9.17) is 0 Å². The first-order chi connectivity index (χ1) is 11.9. The topological polar surface area (TPSA) is 92.8 Å². The fourth-order valence-corrected chi connectivity index (χ4v) is 4.03. The molecule has 1 saturated heterocycles. The van der Waals surface area contributed by atoms with E-state index < -0.39 is 9.84 Å². The molecule has 0 spiro atoms. The molecule has 0 aliphatic carbocycles. The highest BCUT2D eigenvalue weighted by Gasteiger charge is 2.23. The second kappa shape index (κ2) is 8.84. The van der Waals surface area contributed by atoms with Crippen molar-refractivity contribution in [1.29, 1.82) is 0 Å². The molecule has 0 saturated carbocycles. The minimum absolute atomic E-state index is 0.0573. The van der Waals surface area contributed by atoms with Crippen molar-refractivity contribution in [1.82, 2.24) is 10.2 Å². The third-order valence-corrected chi connectivity index (χ3v) is 6.07. The van der Waals surface area contributed by atoms with Crippen molar-refractivity contribution >= 4 is 21.8 Å². The van der Waals surface area contributed by atoms with Gasteiger partial charge < -0.3 is 15.0 Å². The maximum Gasteiger partial charge on any atom is 0.409 e. The molecule has 0 bridgehead atoms. The van der Waals surface area contributed by atoms with E-state index >= 15 is 0 Å². The van der Waals surface area contributed by atoms with Gasteiger partial charge in [0.15, 0.2) is 9.84 Å². The van der Waals surface area contributed by atoms with Crippen LogP contribution in [0.1, 0.15) is 19.3 Å². The number of hydrogen-bond acceptors (Lipinski definition) is 5. The molecule has 0 unspecified atom stereocenters. The van der Waals surface area contributed by atoms with Gasteiger partial charge in [-0.25, -0.2) is 13.2 Å². The zero-order valence-corrected chi connectivity index (χ0v) is 15.1. The number of piperidine rings is 1. The van der Waals surface area contributed by atoms with Gasteiger partial charge in [0.1, 0.15) is 0 Å². The van der Waals surface area contributed by atoms with Gasteiger partial charge in [0.25, 0.3) is 0 Å². The van der Waals surface area contributed by atoms with Crippen LogP contribution < -0.4 is 5.32 Å². The van der Waals surface area contributed by atoms with Gasteiger partial charge in [-0.05, 0) is 30.9 Å². The number of hydrogen-bond donors (Lipinski definition) is 1. The van der Waals surface area contributed by atoms with Gasteiger partial charge in [-0.2, -0.15) is 0 Å². The number of rotatable bonds is 6. The standard InChI is InChI=1S/C17H24N2O5S/c1-24-17(21)19-10-7-14(8-11-19)13-18-16(20)9-12-25(22,23)15-5-3-2-4-6-15/h2-6,14H,7-13H2,1H3,(H,18,20). The Morgan fingerprint density at radius 3 is 2.44 bits per heavy atom. The summed E-state index contributed by atoms with van der Waals surface area (Å²) in [4.78, 5) is 25.2. The molecule has 138 valence electrons. The van der Waals surface area contributed by atoms with Crippen LogP contribution in [0.3, 0.4) is 0 Å². The van der Waals surface area contributed by atoms with E-state index in [9.17, 15) is 18.0 Å². The number of nitrogens with zero attached hydrogens (tertiary/aromatic N) is 1. The fraction of sp³-hybridized carbons (Fsp3) is 0.529. The molecule has 2 rings (SSSR count). The van der Waals surface area contributed by atoms with Crippen molar-refractivity contribution in [3.05, 3.63) is 30.3 Å². The molecule has 1 aromatic rings. The zero-order valence-electron chi connectivity index (χ0n) is 14.3. The number of benzene rings is 1. The first-order valence-electron chi connectivity index (χ1n) is 8.30. The lowest BCUT2D eigenvalue weighted by molar-refractivity contribution is -0.120. The van der Waals surface area contributed by atoms with Crippen molar-refractivity contribution in [2.45, 2.75) is 24.2 Å². The van der Waals surface area contributed by atoms with Crippen LogP contribution in [0.4, 0.5) is 4.79 Å². The number of carbonyl (C=O) groups is 2. The Hall–Kier alpha value is -2.09. The Balaban J connectivity index is 1.71. The second-order valence-corrected chi connectivity index (χ2v) is 8.20. The maximum absolute atomic E-state index is 12.1. The molecule has 7 nitrogen and oxygen atoms in total. The first-order valence-corrected chi connectivity index (χ1v) is 9.95. The van der Waals surface area contributed by atoms with Crippen LogP contribution in [0.2, 0.25) is 0 Å². The lowest BCUT2D eigenvalue weighted by atomic mass is 9.97. The number of carbonyl (C=O) groups excluding carboxylic acids is 2. The summed E-state index contributed by atoms with van der Waals surface area (Å²) < 4.78 is 29.0. The zero-order chi connectivity index (χ0) is 18.3. The third kappa shape index (κ3) is 5.74. The van der Waals surface area contributed by atoms with Crippen LogP contribution in [0.15, 0.2) is 35.2 Å². The summed E-state index contributed by atoms with van der Waals surface area (Å²) in [5, 5.41) is 2.80. The van der Waals surface area contributed by atoms with E-state index in [0.717, 1.165) is 12.8 Å². The number of methoxy groups -OCH3 is 1. The molecule has 1 aromatic carbocycles. The van der Waals surface area contributed by atoms with Crippen LogP contribution >= 0.6 is 0 Å². The Morgan fingerprint density at radius 1 is 1.20 bits per heavy atom. The predicted octanol–water partition coefficient (Wildman–Crippen LogP) is 1.45. The average molecular weight is 368 g/mol. The van der Waals surface area contributed by atoms with Gasteiger partial charge in [0.2, 0.25) is 5.91 Å². The van der Waals surface area contributed by atoms with E-state index in [2.05, 4.69) is 10.1 Å². The monoisotopic (exact) mass is 368 g/mol. The summed E-state index contributed by atoms with van der Waals surface area (Å²) in [6.07, 6.45) is 1.20. The Labute approximate surface area is 148 Å². The molecule has 1 fully saturated rings.